The van der Waals surface area contributed by atoms with Crippen LogP contribution in [0, 0.1) is 18.6 Å². The van der Waals surface area contributed by atoms with E-state index in [1.54, 1.807) is 6.07 Å². The van der Waals surface area contributed by atoms with Crippen molar-refractivity contribution in [3.05, 3.63) is 69.7 Å². The first kappa shape index (κ1) is 14.9. The molecule has 0 bridgehead atoms. The number of benzene rings is 2. The van der Waals surface area contributed by atoms with Crippen molar-refractivity contribution in [3.63, 3.8) is 0 Å². The second-order valence-corrected chi connectivity index (χ2v) is 5.15. The van der Waals surface area contributed by atoms with Crippen LogP contribution < -0.4 is 5.32 Å². The molecule has 1 unspecified atom stereocenters. The Labute approximate surface area is 122 Å². The van der Waals surface area contributed by atoms with Crippen LogP contribution in [0.15, 0.2) is 36.4 Å². The molecule has 0 saturated carbocycles. The highest BCUT2D eigenvalue weighted by atomic mass is 35.5. The number of hydrogen-bond donors (Lipinski definition) is 1. The molecule has 0 amide bonds. The number of aryl methyl sites for hydroxylation is 1. The van der Waals surface area contributed by atoms with Gasteiger partial charge in [-0.3, -0.25) is 0 Å². The quantitative estimate of drug-likeness (QED) is 0.867. The summed E-state index contributed by atoms with van der Waals surface area (Å²) < 4.78 is 27.4. The second-order valence-electron chi connectivity index (χ2n) is 4.72. The van der Waals surface area contributed by atoms with Gasteiger partial charge in [0.1, 0.15) is 11.6 Å². The Bertz CT molecular complexity index is 593. The summed E-state index contributed by atoms with van der Waals surface area (Å²) in [4.78, 5) is 0. The lowest BCUT2D eigenvalue weighted by Gasteiger charge is -2.20. The van der Waals surface area contributed by atoms with Crippen molar-refractivity contribution in [2.45, 2.75) is 19.9 Å². The van der Waals surface area contributed by atoms with E-state index in [1.165, 1.54) is 6.07 Å². The number of halogens is 3. The third-order valence-electron chi connectivity index (χ3n) is 3.08. The summed E-state index contributed by atoms with van der Waals surface area (Å²) in [6.45, 7) is 4.47. The molecule has 0 spiro atoms. The fourth-order valence-electron chi connectivity index (χ4n) is 2.28. The summed E-state index contributed by atoms with van der Waals surface area (Å²) in [6.07, 6.45) is 0. The van der Waals surface area contributed by atoms with E-state index in [-0.39, 0.29) is 5.56 Å². The normalized spacial score (nSPS) is 12.4. The monoisotopic (exact) mass is 295 g/mol. The van der Waals surface area contributed by atoms with E-state index in [9.17, 15) is 8.78 Å². The van der Waals surface area contributed by atoms with Gasteiger partial charge in [0, 0.05) is 10.6 Å². The zero-order chi connectivity index (χ0) is 14.7. The van der Waals surface area contributed by atoms with E-state index in [4.69, 9.17) is 11.6 Å². The Morgan fingerprint density at radius 1 is 1.15 bits per heavy atom. The Balaban J connectivity index is 2.52. The summed E-state index contributed by atoms with van der Waals surface area (Å²) in [7, 11) is 0. The van der Waals surface area contributed by atoms with Crippen LogP contribution in [-0.4, -0.2) is 6.54 Å². The minimum atomic E-state index is -0.456. The van der Waals surface area contributed by atoms with Crippen molar-refractivity contribution in [1.29, 1.82) is 0 Å². The van der Waals surface area contributed by atoms with Crippen LogP contribution in [0.1, 0.15) is 29.7 Å². The predicted octanol–water partition coefficient (Wildman–Crippen LogP) is 4.63. The zero-order valence-electron chi connectivity index (χ0n) is 11.4. The first-order valence-corrected chi connectivity index (χ1v) is 6.84. The van der Waals surface area contributed by atoms with E-state index >= 15 is 0 Å². The molecule has 0 heterocycles. The van der Waals surface area contributed by atoms with Crippen molar-refractivity contribution in [1.82, 2.24) is 5.32 Å². The van der Waals surface area contributed by atoms with Crippen LogP contribution in [0.5, 0.6) is 0 Å². The van der Waals surface area contributed by atoms with Crippen LogP contribution in [0.4, 0.5) is 8.78 Å². The van der Waals surface area contributed by atoms with Crippen molar-refractivity contribution in [2.24, 2.45) is 0 Å². The standard InChI is InChI=1S/C16H16ClF2N/c1-3-20-16(11-6-10(2)7-12(17)8-11)14-9-13(18)4-5-15(14)19/h4-9,16,20H,3H2,1-2H3. The van der Waals surface area contributed by atoms with E-state index in [0.29, 0.717) is 11.6 Å². The fraction of sp³-hybridized carbons (Fsp3) is 0.250. The molecule has 20 heavy (non-hydrogen) atoms. The first-order valence-electron chi connectivity index (χ1n) is 6.46. The van der Waals surface area contributed by atoms with Gasteiger partial charge in [-0.15, -0.1) is 0 Å². The second kappa shape index (κ2) is 6.33. The molecule has 1 atom stereocenters. The van der Waals surface area contributed by atoms with Crippen molar-refractivity contribution >= 4 is 11.6 Å². The van der Waals surface area contributed by atoms with Gasteiger partial charge in [-0.2, -0.15) is 0 Å². The lowest BCUT2D eigenvalue weighted by Crippen LogP contribution is -2.23. The van der Waals surface area contributed by atoms with E-state index < -0.39 is 17.7 Å². The Hall–Kier alpha value is -1.45. The fourth-order valence-corrected chi connectivity index (χ4v) is 2.58. The van der Waals surface area contributed by atoms with Crippen LogP contribution in [0.2, 0.25) is 5.02 Å². The highest BCUT2D eigenvalue weighted by Crippen LogP contribution is 2.28. The van der Waals surface area contributed by atoms with Gasteiger partial charge in [0.25, 0.3) is 0 Å². The highest BCUT2D eigenvalue weighted by molar-refractivity contribution is 6.30. The molecule has 0 radical (unpaired) electrons. The van der Waals surface area contributed by atoms with E-state index in [0.717, 1.165) is 23.3 Å². The van der Waals surface area contributed by atoms with Gasteiger partial charge in [0.2, 0.25) is 0 Å². The van der Waals surface area contributed by atoms with Gasteiger partial charge in [0.15, 0.2) is 0 Å². The molecule has 2 rings (SSSR count). The molecule has 0 fully saturated rings. The average Bonchev–Trinajstić information content (AvgIpc) is 2.38. The summed E-state index contributed by atoms with van der Waals surface area (Å²) in [5.74, 6) is -0.891. The van der Waals surface area contributed by atoms with Crippen LogP contribution in [0.25, 0.3) is 0 Å². The molecule has 0 aliphatic carbocycles. The summed E-state index contributed by atoms with van der Waals surface area (Å²) in [5.41, 5.74) is 2.09. The SMILES string of the molecule is CCNC(c1cc(C)cc(Cl)c1)c1cc(F)ccc1F. The van der Waals surface area contributed by atoms with Gasteiger partial charge < -0.3 is 5.32 Å². The Morgan fingerprint density at radius 3 is 2.55 bits per heavy atom. The van der Waals surface area contributed by atoms with Gasteiger partial charge >= 0.3 is 0 Å². The van der Waals surface area contributed by atoms with Crippen LogP contribution in [0.3, 0.4) is 0 Å². The maximum absolute atomic E-state index is 14.0. The van der Waals surface area contributed by atoms with Crippen molar-refractivity contribution in [2.75, 3.05) is 6.54 Å². The molecule has 1 nitrogen and oxygen atoms in total. The van der Waals surface area contributed by atoms with Crippen molar-refractivity contribution in [3.8, 4) is 0 Å². The number of nitrogens with one attached hydrogen (secondary N) is 1. The zero-order valence-corrected chi connectivity index (χ0v) is 12.1. The molecular weight excluding hydrogens is 280 g/mol. The number of hydrogen-bond acceptors (Lipinski definition) is 1. The van der Waals surface area contributed by atoms with E-state index in [1.807, 2.05) is 26.0 Å². The minimum Gasteiger partial charge on any atom is -0.306 e. The molecule has 2 aromatic rings. The van der Waals surface area contributed by atoms with Crippen LogP contribution >= 0.6 is 11.6 Å². The predicted molar refractivity (Wildman–Crippen MR) is 78.1 cm³/mol. The van der Waals surface area contributed by atoms with Gasteiger partial charge in [0.05, 0.1) is 6.04 Å². The third kappa shape index (κ3) is 3.35. The van der Waals surface area contributed by atoms with Gasteiger partial charge in [-0.25, -0.2) is 8.78 Å². The van der Waals surface area contributed by atoms with Gasteiger partial charge in [-0.05, 0) is 54.9 Å². The Morgan fingerprint density at radius 2 is 1.90 bits per heavy atom. The van der Waals surface area contributed by atoms with Crippen molar-refractivity contribution < 1.29 is 8.78 Å². The molecule has 0 aliphatic heterocycles. The van der Waals surface area contributed by atoms with Crippen LogP contribution in [-0.2, 0) is 0 Å². The van der Waals surface area contributed by atoms with Gasteiger partial charge in [-0.1, -0.05) is 24.6 Å². The highest BCUT2D eigenvalue weighted by Gasteiger charge is 2.18. The minimum absolute atomic E-state index is 0.286. The first-order chi connectivity index (χ1) is 9.51. The molecule has 0 aliphatic rings. The summed E-state index contributed by atoms with van der Waals surface area (Å²) in [5, 5.41) is 3.76. The molecule has 0 aromatic heterocycles. The molecule has 1 N–H and O–H groups in total. The third-order valence-corrected chi connectivity index (χ3v) is 3.29. The molecule has 0 saturated heterocycles. The Kier molecular flexibility index (Phi) is 4.73. The lowest BCUT2D eigenvalue weighted by atomic mass is 9.96. The maximum Gasteiger partial charge on any atom is 0.128 e. The molecule has 2 aromatic carbocycles. The largest absolute Gasteiger partial charge is 0.306 e. The number of rotatable bonds is 4. The maximum atomic E-state index is 14.0. The molecule has 106 valence electrons. The average molecular weight is 296 g/mol. The lowest BCUT2D eigenvalue weighted by molar-refractivity contribution is 0.544. The molecular formula is C16H16ClF2N. The summed E-state index contributed by atoms with van der Waals surface area (Å²) >= 11 is 6.06. The molecule has 4 heteroatoms. The topological polar surface area (TPSA) is 12.0 Å². The summed E-state index contributed by atoms with van der Waals surface area (Å²) in [6, 6.07) is 8.58. The smallest absolute Gasteiger partial charge is 0.128 e. The van der Waals surface area contributed by atoms with E-state index in [2.05, 4.69) is 5.32 Å².